The highest BCUT2D eigenvalue weighted by atomic mass is 14.8. The van der Waals surface area contributed by atoms with Crippen LogP contribution in [0.3, 0.4) is 0 Å². The van der Waals surface area contributed by atoms with E-state index in [4.69, 9.17) is 0 Å². The highest BCUT2D eigenvalue weighted by molar-refractivity contribution is 5.89. The minimum absolute atomic E-state index is 0.205. The van der Waals surface area contributed by atoms with Crippen molar-refractivity contribution in [3.05, 3.63) is 47.5 Å². The van der Waals surface area contributed by atoms with E-state index < -0.39 is 0 Å². The number of benzene rings is 2. The quantitative estimate of drug-likeness (QED) is 0.852. The van der Waals surface area contributed by atoms with Crippen molar-refractivity contribution in [2.45, 2.75) is 32.6 Å². The fourth-order valence-electron chi connectivity index (χ4n) is 2.61. The van der Waals surface area contributed by atoms with Gasteiger partial charge >= 0.3 is 0 Å². The van der Waals surface area contributed by atoms with Gasteiger partial charge in [-0.1, -0.05) is 50.2 Å². The van der Waals surface area contributed by atoms with Crippen LogP contribution in [0.15, 0.2) is 36.4 Å². The minimum Gasteiger partial charge on any atom is -0.320 e. The molecule has 0 aliphatic rings. The van der Waals surface area contributed by atoms with E-state index in [0.717, 1.165) is 13.0 Å². The molecule has 2 rings (SSSR count). The molecular formula is C17H23N. The van der Waals surface area contributed by atoms with Crippen molar-refractivity contribution >= 4 is 10.8 Å². The molecule has 0 atom stereocenters. The third-order valence-corrected chi connectivity index (χ3v) is 3.87. The zero-order valence-corrected chi connectivity index (χ0v) is 11.9. The predicted molar refractivity (Wildman–Crippen MR) is 80.3 cm³/mol. The van der Waals surface area contributed by atoms with Gasteiger partial charge in [-0.2, -0.15) is 0 Å². The largest absolute Gasteiger partial charge is 0.320 e. The van der Waals surface area contributed by atoms with Gasteiger partial charge in [-0.3, -0.25) is 0 Å². The second kappa shape index (κ2) is 5.11. The fourth-order valence-corrected chi connectivity index (χ4v) is 2.61. The van der Waals surface area contributed by atoms with Crippen LogP contribution in [0.4, 0.5) is 0 Å². The summed E-state index contributed by atoms with van der Waals surface area (Å²) in [6, 6.07) is 13.3. The summed E-state index contributed by atoms with van der Waals surface area (Å²) in [6.07, 6.45) is 1.15. The lowest BCUT2D eigenvalue weighted by Gasteiger charge is -2.27. The molecule has 0 spiro atoms. The van der Waals surface area contributed by atoms with Gasteiger partial charge in [0, 0.05) is 0 Å². The van der Waals surface area contributed by atoms with Crippen LogP contribution in [-0.2, 0) is 5.41 Å². The molecular weight excluding hydrogens is 218 g/mol. The Morgan fingerprint density at radius 3 is 2.33 bits per heavy atom. The van der Waals surface area contributed by atoms with Crippen LogP contribution in [0.25, 0.3) is 10.8 Å². The second-order valence-electron chi connectivity index (χ2n) is 5.71. The van der Waals surface area contributed by atoms with Gasteiger partial charge in [0.25, 0.3) is 0 Å². The van der Waals surface area contributed by atoms with Crippen LogP contribution in [0, 0.1) is 6.92 Å². The third-order valence-electron chi connectivity index (χ3n) is 3.87. The summed E-state index contributed by atoms with van der Waals surface area (Å²) < 4.78 is 0. The van der Waals surface area contributed by atoms with Crippen molar-refractivity contribution in [3.8, 4) is 0 Å². The van der Waals surface area contributed by atoms with Crippen LogP contribution in [0.5, 0.6) is 0 Å². The summed E-state index contributed by atoms with van der Waals surface area (Å²) in [6.45, 7) is 7.91. The Kier molecular flexibility index (Phi) is 3.72. The SMILES string of the molecule is CNCCC(C)(C)c1ccc(C)c2ccccc12. The fraction of sp³-hybridized carbons (Fsp3) is 0.412. The van der Waals surface area contributed by atoms with Crippen LogP contribution in [0.1, 0.15) is 31.4 Å². The number of fused-ring (bicyclic) bond motifs is 1. The monoisotopic (exact) mass is 241 g/mol. The summed E-state index contributed by atoms with van der Waals surface area (Å²) in [7, 11) is 2.02. The molecule has 0 aromatic heterocycles. The molecule has 0 fully saturated rings. The van der Waals surface area contributed by atoms with Gasteiger partial charge in [0.2, 0.25) is 0 Å². The first kappa shape index (κ1) is 13.1. The molecule has 1 heteroatoms. The molecule has 0 amide bonds. The minimum atomic E-state index is 0.205. The van der Waals surface area contributed by atoms with Gasteiger partial charge in [-0.25, -0.2) is 0 Å². The predicted octanol–water partition coefficient (Wildman–Crippen LogP) is 4.04. The van der Waals surface area contributed by atoms with Crippen molar-refractivity contribution in [1.82, 2.24) is 5.32 Å². The average Bonchev–Trinajstić information content (AvgIpc) is 2.37. The zero-order valence-electron chi connectivity index (χ0n) is 11.9. The van der Waals surface area contributed by atoms with E-state index in [9.17, 15) is 0 Å². The number of nitrogens with one attached hydrogen (secondary N) is 1. The second-order valence-corrected chi connectivity index (χ2v) is 5.71. The average molecular weight is 241 g/mol. The highest BCUT2D eigenvalue weighted by Crippen LogP contribution is 2.33. The lowest BCUT2D eigenvalue weighted by Crippen LogP contribution is -2.23. The third kappa shape index (κ3) is 2.41. The van der Waals surface area contributed by atoms with Crippen molar-refractivity contribution in [1.29, 1.82) is 0 Å². The molecule has 0 unspecified atom stereocenters. The molecule has 0 saturated carbocycles. The van der Waals surface area contributed by atoms with Crippen molar-refractivity contribution in [2.24, 2.45) is 0 Å². The molecule has 96 valence electrons. The Bertz CT molecular complexity index is 540. The Morgan fingerprint density at radius 2 is 1.67 bits per heavy atom. The molecule has 0 bridgehead atoms. The van der Waals surface area contributed by atoms with E-state index in [1.807, 2.05) is 7.05 Å². The summed E-state index contributed by atoms with van der Waals surface area (Å²) in [5.41, 5.74) is 3.02. The van der Waals surface area contributed by atoms with Gasteiger partial charge in [0.1, 0.15) is 0 Å². The van der Waals surface area contributed by atoms with E-state index in [0.29, 0.717) is 0 Å². The first-order chi connectivity index (χ1) is 8.56. The van der Waals surface area contributed by atoms with Gasteiger partial charge < -0.3 is 5.32 Å². The first-order valence-corrected chi connectivity index (χ1v) is 6.70. The summed E-state index contributed by atoms with van der Waals surface area (Å²) >= 11 is 0. The summed E-state index contributed by atoms with van der Waals surface area (Å²) in [5.74, 6) is 0. The van der Waals surface area contributed by atoms with Gasteiger partial charge in [0.05, 0.1) is 0 Å². The Morgan fingerprint density at radius 1 is 1.00 bits per heavy atom. The number of hydrogen-bond donors (Lipinski definition) is 1. The smallest absolute Gasteiger partial charge is 0.00436 e. The standard InChI is InChI=1S/C17H23N/c1-13-9-10-16(17(2,3)11-12-18-4)15-8-6-5-7-14(13)15/h5-10,18H,11-12H2,1-4H3. The van der Waals surface area contributed by atoms with Crippen LogP contribution in [-0.4, -0.2) is 13.6 Å². The Balaban J connectivity index is 2.54. The van der Waals surface area contributed by atoms with Crippen molar-refractivity contribution in [2.75, 3.05) is 13.6 Å². The maximum absolute atomic E-state index is 3.25. The van der Waals surface area contributed by atoms with Gasteiger partial charge in [0.15, 0.2) is 0 Å². The topological polar surface area (TPSA) is 12.0 Å². The molecule has 2 aromatic carbocycles. The highest BCUT2D eigenvalue weighted by Gasteiger charge is 2.22. The molecule has 2 aromatic rings. The summed E-state index contributed by atoms with van der Waals surface area (Å²) in [5, 5.41) is 6.04. The maximum atomic E-state index is 3.25. The number of rotatable bonds is 4. The van der Waals surface area contributed by atoms with Gasteiger partial charge in [-0.05, 0) is 54.3 Å². The lowest BCUT2D eigenvalue weighted by atomic mass is 9.78. The molecule has 0 saturated heterocycles. The van der Waals surface area contributed by atoms with Crippen LogP contribution in [0.2, 0.25) is 0 Å². The van der Waals surface area contributed by atoms with Crippen molar-refractivity contribution < 1.29 is 0 Å². The normalized spacial score (nSPS) is 12.0. The van der Waals surface area contributed by atoms with E-state index in [2.05, 4.69) is 62.5 Å². The zero-order chi connectivity index (χ0) is 13.2. The van der Waals surface area contributed by atoms with E-state index in [-0.39, 0.29) is 5.41 Å². The van der Waals surface area contributed by atoms with Gasteiger partial charge in [-0.15, -0.1) is 0 Å². The Hall–Kier alpha value is -1.34. The van der Waals surface area contributed by atoms with E-state index >= 15 is 0 Å². The number of hydrogen-bond acceptors (Lipinski definition) is 1. The molecule has 1 N–H and O–H groups in total. The van der Waals surface area contributed by atoms with E-state index in [1.165, 1.54) is 21.9 Å². The molecule has 1 nitrogen and oxygen atoms in total. The molecule has 18 heavy (non-hydrogen) atoms. The molecule has 0 aliphatic heterocycles. The Labute approximate surface area is 110 Å². The maximum Gasteiger partial charge on any atom is -0.00436 e. The first-order valence-electron chi connectivity index (χ1n) is 6.70. The van der Waals surface area contributed by atoms with Crippen LogP contribution >= 0.6 is 0 Å². The van der Waals surface area contributed by atoms with Crippen molar-refractivity contribution in [3.63, 3.8) is 0 Å². The summed E-state index contributed by atoms with van der Waals surface area (Å²) in [4.78, 5) is 0. The van der Waals surface area contributed by atoms with Crippen LogP contribution < -0.4 is 5.32 Å². The number of aryl methyl sites for hydroxylation is 1. The lowest BCUT2D eigenvalue weighted by molar-refractivity contribution is 0.472. The van der Waals surface area contributed by atoms with E-state index in [1.54, 1.807) is 0 Å². The molecule has 0 heterocycles. The molecule has 0 aliphatic carbocycles. The molecule has 0 radical (unpaired) electrons.